The van der Waals surface area contributed by atoms with Crippen LogP contribution in [0.2, 0.25) is 0 Å². The summed E-state index contributed by atoms with van der Waals surface area (Å²) in [5.74, 6) is 0.389. The second-order valence-electron chi connectivity index (χ2n) is 7.02. The first kappa shape index (κ1) is 14.7. The van der Waals surface area contributed by atoms with E-state index >= 15 is 0 Å². The minimum absolute atomic E-state index is 0.0830. The molecule has 0 saturated carbocycles. The van der Waals surface area contributed by atoms with Gasteiger partial charge in [-0.2, -0.15) is 0 Å². The molecule has 1 aromatic rings. The van der Waals surface area contributed by atoms with Gasteiger partial charge in [-0.1, -0.05) is 18.2 Å². The summed E-state index contributed by atoms with van der Waals surface area (Å²) in [7, 11) is 0. The number of fused-ring (bicyclic) bond motifs is 3. The fourth-order valence-corrected chi connectivity index (χ4v) is 4.61. The second kappa shape index (κ2) is 5.64. The van der Waals surface area contributed by atoms with Crippen LogP contribution in [0.25, 0.3) is 0 Å². The number of benzene rings is 1. The zero-order valence-corrected chi connectivity index (χ0v) is 13.1. The summed E-state index contributed by atoms with van der Waals surface area (Å²) in [5, 5.41) is 12.3. The van der Waals surface area contributed by atoms with Gasteiger partial charge >= 0.3 is 0 Å². The molecule has 2 saturated heterocycles. The highest BCUT2D eigenvalue weighted by Crippen LogP contribution is 2.40. The number of nitrogens with zero attached hydrogens (tertiary/aromatic N) is 1. The average molecular weight is 314 g/mol. The number of aliphatic hydroxyl groups excluding tert-OH is 1. The normalized spacial score (nSPS) is 31.9. The first-order valence-corrected chi connectivity index (χ1v) is 8.49. The van der Waals surface area contributed by atoms with Gasteiger partial charge in [0.15, 0.2) is 0 Å². The largest absolute Gasteiger partial charge is 0.396 e. The molecule has 2 amide bonds. The Labute approximate surface area is 135 Å². The fourth-order valence-electron chi connectivity index (χ4n) is 4.61. The SMILES string of the molecule is O=C1NC(CC(=O)N2[C@@H]3CC[C@H]2CC(CO)C3)c2ccccc21. The van der Waals surface area contributed by atoms with E-state index < -0.39 is 0 Å². The molecule has 5 heteroatoms. The van der Waals surface area contributed by atoms with Crippen LogP contribution < -0.4 is 5.32 Å². The highest BCUT2D eigenvalue weighted by molar-refractivity contribution is 5.99. The Hall–Kier alpha value is -1.88. The average Bonchev–Trinajstić information content (AvgIpc) is 3.02. The number of amides is 2. The maximum absolute atomic E-state index is 12.8. The number of hydrogen-bond donors (Lipinski definition) is 2. The van der Waals surface area contributed by atoms with Gasteiger partial charge in [-0.05, 0) is 43.2 Å². The maximum atomic E-state index is 12.8. The Morgan fingerprint density at radius 2 is 1.91 bits per heavy atom. The standard InChI is InChI=1S/C18H22N2O3/c21-10-11-7-12-5-6-13(8-11)20(12)17(22)9-16-14-3-1-2-4-15(14)18(23)19-16/h1-4,11-13,16,21H,5-10H2,(H,19,23)/t11?,12-,13+,16?. The van der Waals surface area contributed by atoms with Crippen molar-refractivity contribution in [3.05, 3.63) is 35.4 Å². The Balaban J connectivity index is 1.49. The van der Waals surface area contributed by atoms with Gasteiger partial charge in [0.2, 0.25) is 5.91 Å². The number of carbonyl (C=O) groups is 2. The van der Waals surface area contributed by atoms with Crippen LogP contribution in [0.4, 0.5) is 0 Å². The second-order valence-corrected chi connectivity index (χ2v) is 7.02. The van der Waals surface area contributed by atoms with Crippen LogP contribution in [0.3, 0.4) is 0 Å². The Morgan fingerprint density at radius 3 is 2.61 bits per heavy atom. The van der Waals surface area contributed by atoms with E-state index in [0.29, 0.717) is 17.9 Å². The van der Waals surface area contributed by atoms with Crippen molar-refractivity contribution in [1.82, 2.24) is 10.2 Å². The zero-order valence-electron chi connectivity index (χ0n) is 13.1. The molecule has 2 bridgehead atoms. The van der Waals surface area contributed by atoms with Crippen molar-refractivity contribution in [2.75, 3.05) is 6.61 Å². The number of carbonyl (C=O) groups excluding carboxylic acids is 2. The molecule has 3 aliphatic heterocycles. The van der Waals surface area contributed by atoms with E-state index in [1.165, 1.54) is 0 Å². The Bertz CT molecular complexity index is 631. The van der Waals surface area contributed by atoms with Crippen LogP contribution in [0.1, 0.15) is 54.1 Å². The van der Waals surface area contributed by atoms with E-state index in [1.807, 2.05) is 29.2 Å². The van der Waals surface area contributed by atoms with E-state index in [1.54, 1.807) is 0 Å². The van der Waals surface area contributed by atoms with Crippen molar-refractivity contribution in [1.29, 1.82) is 0 Å². The van der Waals surface area contributed by atoms with Gasteiger partial charge in [-0.3, -0.25) is 9.59 Å². The van der Waals surface area contributed by atoms with E-state index in [9.17, 15) is 14.7 Å². The molecule has 0 aromatic heterocycles. The van der Waals surface area contributed by atoms with Gasteiger partial charge in [0.1, 0.15) is 0 Å². The molecule has 3 aliphatic rings. The molecule has 3 heterocycles. The van der Waals surface area contributed by atoms with Gasteiger partial charge in [-0.25, -0.2) is 0 Å². The molecule has 5 nitrogen and oxygen atoms in total. The van der Waals surface area contributed by atoms with Crippen LogP contribution in [0, 0.1) is 5.92 Å². The maximum Gasteiger partial charge on any atom is 0.252 e. The molecule has 0 aliphatic carbocycles. The van der Waals surface area contributed by atoms with E-state index in [0.717, 1.165) is 31.2 Å². The molecule has 1 aromatic carbocycles. The van der Waals surface area contributed by atoms with Crippen LogP contribution in [-0.4, -0.2) is 40.5 Å². The van der Waals surface area contributed by atoms with E-state index in [2.05, 4.69) is 5.32 Å². The molecule has 2 N–H and O–H groups in total. The molecular formula is C18H22N2O3. The molecule has 4 rings (SSSR count). The third-order valence-corrected chi connectivity index (χ3v) is 5.64. The molecule has 2 fully saturated rings. The lowest BCUT2D eigenvalue weighted by Gasteiger charge is -2.39. The van der Waals surface area contributed by atoms with Crippen molar-refractivity contribution in [3.63, 3.8) is 0 Å². The number of aliphatic hydroxyl groups is 1. The van der Waals surface area contributed by atoms with Crippen LogP contribution >= 0.6 is 0 Å². The monoisotopic (exact) mass is 314 g/mol. The summed E-state index contributed by atoms with van der Waals surface area (Å²) >= 11 is 0. The molecule has 4 atom stereocenters. The van der Waals surface area contributed by atoms with Gasteiger partial charge in [0.25, 0.3) is 5.91 Å². The predicted molar refractivity (Wildman–Crippen MR) is 84.7 cm³/mol. The number of nitrogens with one attached hydrogen (secondary N) is 1. The minimum Gasteiger partial charge on any atom is -0.396 e. The summed E-state index contributed by atoms with van der Waals surface area (Å²) in [6.07, 6.45) is 4.24. The first-order chi connectivity index (χ1) is 11.2. The summed E-state index contributed by atoms with van der Waals surface area (Å²) < 4.78 is 0. The quantitative estimate of drug-likeness (QED) is 0.891. The lowest BCUT2D eigenvalue weighted by Crippen LogP contribution is -2.47. The van der Waals surface area contributed by atoms with Crippen molar-refractivity contribution < 1.29 is 14.7 Å². The van der Waals surface area contributed by atoms with Crippen LogP contribution in [0.5, 0.6) is 0 Å². The van der Waals surface area contributed by atoms with Crippen LogP contribution in [-0.2, 0) is 4.79 Å². The van der Waals surface area contributed by atoms with Crippen molar-refractivity contribution in [2.45, 2.75) is 50.2 Å². The molecule has 0 spiro atoms. The summed E-state index contributed by atoms with van der Waals surface area (Å²) in [5.41, 5.74) is 1.62. The summed E-state index contributed by atoms with van der Waals surface area (Å²) in [6, 6.07) is 7.83. The Kier molecular flexibility index (Phi) is 3.60. The molecule has 2 unspecified atom stereocenters. The topological polar surface area (TPSA) is 69.6 Å². The fraction of sp³-hybridized carbons (Fsp3) is 0.556. The lowest BCUT2D eigenvalue weighted by atomic mass is 9.90. The smallest absolute Gasteiger partial charge is 0.252 e. The van der Waals surface area contributed by atoms with Gasteiger partial charge in [-0.15, -0.1) is 0 Å². The lowest BCUT2D eigenvalue weighted by molar-refractivity contribution is -0.137. The van der Waals surface area contributed by atoms with Crippen molar-refractivity contribution in [2.24, 2.45) is 5.92 Å². The molecule has 23 heavy (non-hydrogen) atoms. The summed E-state index contributed by atoms with van der Waals surface area (Å²) in [4.78, 5) is 26.9. The highest BCUT2D eigenvalue weighted by Gasteiger charge is 2.43. The molecule has 122 valence electrons. The van der Waals surface area contributed by atoms with Gasteiger partial charge < -0.3 is 15.3 Å². The zero-order chi connectivity index (χ0) is 16.0. The molecule has 0 radical (unpaired) electrons. The number of rotatable bonds is 3. The first-order valence-electron chi connectivity index (χ1n) is 8.49. The molecular weight excluding hydrogens is 292 g/mol. The predicted octanol–water partition coefficient (Wildman–Crippen LogP) is 1.62. The summed E-state index contributed by atoms with van der Waals surface area (Å²) in [6.45, 7) is 0.223. The Morgan fingerprint density at radius 1 is 1.22 bits per heavy atom. The number of piperidine rings is 1. The van der Waals surface area contributed by atoms with E-state index in [-0.39, 0.29) is 36.5 Å². The number of hydrogen-bond acceptors (Lipinski definition) is 3. The minimum atomic E-state index is -0.207. The third-order valence-electron chi connectivity index (χ3n) is 5.64. The van der Waals surface area contributed by atoms with E-state index in [4.69, 9.17) is 0 Å². The van der Waals surface area contributed by atoms with Gasteiger partial charge in [0.05, 0.1) is 12.5 Å². The van der Waals surface area contributed by atoms with Crippen molar-refractivity contribution >= 4 is 11.8 Å². The van der Waals surface area contributed by atoms with Crippen molar-refractivity contribution in [3.8, 4) is 0 Å². The highest BCUT2D eigenvalue weighted by atomic mass is 16.3. The third kappa shape index (κ3) is 2.43. The van der Waals surface area contributed by atoms with Gasteiger partial charge in [0, 0.05) is 24.3 Å². The van der Waals surface area contributed by atoms with Crippen LogP contribution in [0.15, 0.2) is 24.3 Å².